The van der Waals surface area contributed by atoms with E-state index in [0.717, 1.165) is 5.56 Å². The molecule has 1 aromatic rings. The number of nitrogens with zero attached hydrogens (tertiary/aromatic N) is 4. The van der Waals surface area contributed by atoms with Crippen LogP contribution in [0.25, 0.3) is 0 Å². The number of hydrogen-bond donors (Lipinski definition) is 1. The fourth-order valence-electron chi connectivity index (χ4n) is 2.62. The Morgan fingerprint density at radius 1 is 1.28 bits per heavy atom. The van der Waals surface area contributed by atoms with Gasteiger partial charge in [-0.05, 0) is 26.0 Å². The molecule has 2 aliphatic heterocycles. The first-order valence-electron chi connectivity index (χ1n) is 7.74. The van der Waals surface area contributed by atoms with Gasteiger partial charge >= 0.3 is 17.9 Å². The summed E-state index contributed by atoms with van der Waals surface area (Å²) >= 11 is 0. The van der Waals surface area contributed by atoms with E-state index in [0.29, 0.717) is 10.7 Å². The molecule has 0 radical (unpaired) electrons. The van der Waals surface area contributed by atoms with Crippen LogP contribution in [-0.4, -0.2) is 47.5 Å². The summed E-state index contributed by atoms with van der Waals surface area (Å²) in [5, 5.41) is 10.2. The first-order valence-corrected chi connectivity index (χ1v) is 7.74. The zero-order chi connectivity index (χ0) is 18.1. The minimum absolute atomic E-state index is 0.0799. The second-order valence-corrected chi connectivity index (χ2v) is 5.61. The molecule has 3 rings (SSSR count). The molecule has 2 N–H and O–H groups in total. The van der Waals surface area contributed by atoms with Crippen molar-refractivity contribution in [2.75, 3.05) is 18.2 Å². The van der Waals surface area contributed by atoms with Crippen molar-refractivity contribution >= 4 is 35.0 Å². The number of carbonyl (C=O) groups excluding carboxylic acids is 3. The van der Waals surface area contributed by atoms with E-state index in [1.165, 1.54) is 5.01 Å². The average Bonchev–Trinajstić information content (AvgIpc) is 2.92. The van der Waals surface area contributed by atoms with E-state index >= 15 is 0 Å². The van der Waals surface area contributed by atoms with Gasteiger partial charge in [-0.25, -0.2) is 4.79 Å². The highest BCUT2D eigenvalue weighted by Gasteiger charge is 2.45. The second kappa shape index (κ2) is 6.34. The van der Waals surface area contributed by atoms with Crippen LogP contribution in [-0.2, 0) is 14.3 Å². The van der Waals surface area contributed by atoms with Crippen LogP contribution >= 0.6 is 0 Å². The Balaban J connectivity index is 2.03. The molecule has 2 aliphatic rings. The largest absolute Gasteiger partial charge is 0.465 e. The molecule has 1 unspecified atom stereocenters. The number of hydrazone groups is 2. The molecule has 25 heavy (non-hydrogen) atoms. The Morgan fingerprint density at radius 3 is 2.56 bits per heavy atom. The fraction of sp³-hybridized carbons (Fsp3) is 0.312. The van der Waals surface area contributed by atoms with Crippen LogP contribution in [0.4, 0.5) is 10.5 Å². The number of benzene rings is 1. The number of carbonyl (C=O) groups is 3. The summed E-state index contributed by atoms with van der Waals surface area (Å²) in [7, 11) is 0. The van der Waals surface area contributed by atoms with Crippen LogP contribution in [0.2, 0.25) is 0 Å². The Hall–Kier alpha value is -3.23. The lowest BCUT2D eigenvalue weighted by Gasteiger charge is -2.28. The molecular weight excluding hydrogens is 326 g/mol. The number of nitrogens with two attached hydrogens (primary N) is 1. The number of anilines is 1. The third-order valence-corrected chi connectivity index (χ3v) is 3.86. The van der Waals surface area contributed by atoms with Gasteiger partial charge in [0.05, 0.1) is 18.8 Å². The number of imide groups is 1. The summed E-state index contributed by atoms with van der Waals surface area (Å²) in [6, 6.07) is 6.42. The van der Waals surface area contributed by atoms with Crippen molar-refractivity contribution < 1.29 is 19.1 Å². The van der Waals surface area contributed by atoms with Gasteiger partial charge in [-0.1, -0.05) is 17.7 Å². The molecule has 0 bridgehead atoms. The quantitative estimate of drug-likeness (QED) is 0.808. The molecule has 3 amide bonds. The number of ether oxygens (including phenoxy) is 1. The normalized spacial score (nSPS) is 19.3. The van der Waals surface area contributed by atoms with Crippen LogP contribution in [0.15, 0.2) is 34.5 Å². The Morgan fingerprint density at radius 2 is 1.96 bits per heavy atom. The second-order valence-electron chi connectivity index (χ2n) is 5.61. The predicted octanol–water partition coefficient (Wildman–Crippen LogP) is 0.627. The molecule has 1 aromatic carbocycles. The number of amides is 3. The summed E-state index contributed by atoms with van der Waals surface area (Å²) in [5.74, 6) is -2.14. The highest BCUT2D eigenvalue weighted by molar-refractivity contribution is 6.71. The van der Waals surface area contributed by atoms with Crippen molar-refractivity contribution in [2.24, 2.45) is 21.9 Å². The van der Waals surface area contributed by atoms with E-state index in [1.54, 1.807) is 6.92 Å². The smallest absolute Gasteiger partial charge is 0.342 e. The lowest BCUT2D eigenvalue weighted by atomic mass is 9.97. The summed E-state index contributed by atoms with van der Waals surface area (Å²) in [5.41, 5.74) is 6.95. The van der Waals surface area contributed by atoms with Crippen LogP contribution in [0, 0.1) is 12.8 Å². The highest BCUT2D eigenvalue weighted by Crippen LogP contribution is 2.26. The molecule has 0 aliphatic carbocycles. The molecule has 0 saturated heterocycles. The van der Waals surface area contributed by atoms with Gasteiger partial charge < -0.3 is 10.5 Å². The van der Waals surface area contributed by atoms with E-state index in [4.69, 9.17) is 10.5 Å². The molecule has 0 fully saturated rings. The standard InChI is InChI=1S/C16H17N5O4/c1-3-25-15(23)11-8-20(10-6-4-9(2)5-7-10)18-13-12(11)19-21(14(13)22)16(17)24/h4-7,11H,3,8H2,1-2H3,(H2,17,24). The van der Waals surface area contributed by atoms with E-state index in [2.05, 4.69) is 10.2 Å². The summed E-state index contributed by atoms with van der Waals surface area (Å²) in [6.45, 7) is 3.96. The minimum Gasteiger partial charge on any atom is -0.465 e. The van der Waals surface area contributed by atoms with Gasteiger partial charge in [-0.2, -0.15) is 10.2 Å². The van der Waals surface area contributed by atoms with E-state index in [1.807, 2.05) is 31.2 Å². The summed E-state index contributed by atoms with van der Waals surface area (Å²) in [6.07, 6.45) is 0. The van der Waals surface area contributed by atoms with Gasteiger partial charge in [0, 0.05) is 0 Å². The van der Waals surface area contributed by atoms with Crippen LogP contribution in [0.3, 0.4) is 0 Å². The number of primary amides is 1. The predicted molar refractivity (Wildman–Crippen MR) is 89.9 cm³/mol. The lowest BCUT2D eigenvalue weighted by molar-refractivity contribution is -0.145. The van der Waals surface area contributed by atoms with Crippen molar-refractivity contribution in [2.45, 2.75) is 13.8 Å². The number of esters is 1. The van der Waals surface area contributed by atoms with Crippen molar-refractivity contribution in [3.05, 3.63) is 29.8 Å². The molecular formula is C16H17N5O4. The van der Waals surface area contributed by atoms with Gasteiger partial charge in [0.25, 0.3) is 0 Å². The van der Waals surface area contributed by atoms with Gasteiger partial charge in [0.15, 0.2) is 5.71 Å². The Bertz CT molecular complexity index is 799. The Labute approximate surface area is 143 Å². The molecule has 1 atom stereocenters. The van der Waals surface area contributed by atoms with Crippen molar-refractivity contribution in [3.8, 4) is 0 Å². The first kappa shape index (κ1) is 16.6. The lowest BCUT2D eigenvalue weighted by Crippen LogP contribution is -2.46. The topological polar surface area (TPSA) is 118 Å². The third-order valence-electron chi connectivity index (χ3n) is 3.86. The molecule has 0 saturated carbocycles. The van der Waals surface area contributed by atoms with Crippen LogP contribution < -0.4 is 10.7 Å². The number of urea groups is 1. The zero-order valence-corrected chi connectivity index (χ0v) is 13.8. The van der Waals surface area contributed by atoms with Crippen molar-refractivity contribution in [3.63, 3.8) is 0 Å². The first-order chi connectivity index (χ1) is 11.9. The van der Waals surface area contributed by atoms with Gasteiger partial charge in [0.1, 0.15) is 11.6 Å². The third kappa shape index (κ3) is 2.95. The monoisotopic (exact) mass is 343 g/mol. The molecule has 9 heteroatoms. The summed E-state index contributed by atoms with van der Waals surface area (Å²) in [4.78, 5) is 36.0. The molecule has 2 heterocycles. The molecule has 0 spiro atoms. The van der Waals surface area contributed by atoms with Crippen molar-refractivity contribution in [1.29, 1.82) is 0 Å². The maximum Gasteiger partial charge on any atom is 0.342 e. The number of fused-ring (bicyclic) bond motifs is 1. The van der Waals surface area contributed by atoms with E-state index < -0.39 is 23.8 Å². The minimum atomic E-state index is -1.03. The maximum atomic E-state index is 12.3. The fourth-order valence-corrected chi connectivity index (χ4v) is 2.62. The molecule has 0 aromatic heterocycles. The van der Waals surface area contributed by atoms with E-state index in [-0.39, 0.29) is 24.6 Å². The Kier molecular flexibility index (Phi) is 4.22. The van der Waals surface area contributed by atoms with E-state index in [9.17, 15) is 14.4 Å². The van der Waals surface area contributed by atoms with Gasteiger partial charge in [0.2, 0.25) is 0 Å². The van der Waals surface area contributed by atoms with Crippen LogP contribution in [0.5, 0.6) is 0 Å². The number of hydrogen-bond acceptors (Lipinski definition) is 7. The number of rotatable bonds is 3. The number of aryl methyl sites for hydroxylation is 1. The average molecular weight is 343 g/mol. The highest BCUT2D eigenvalue weighted by atomic mass is 16.5. The zero-order valence-electron chi connectivity index (χ0n) is 13.8. The van der Waals surface area contributed by atoms with Gasteiger partial charge in [-0.3, -0.25) is 14.6 Å². The van der Waals surface area contributed by atoms with Crippen LogP contribution in [0.1, 0.15) is 12.5 Å². The molecule has 9 nitrogen and oxygen atoms in total. The summed E-state index contributed by atoms with van der Waals surface area (Å²) < 4.78 is 5.08. The maximum absolute atomic E-state index is 12.3. The van der Waals surface area contributed by atoms with Crippen molar-refractivity contribution in [1.82, 2.24) is 5.01 Å². The SMILES string of the molecule is CCOC(=O)C1CN(c2ccc(C)cc2)N=C2C(=O)N(C(N)=O)N=C21. The molecule has 130 valence electrons. The van der Waals surface area contributed by atoms with Gasteiger partial charge in [-0.15, -0.1) is 5.01 Å².